The van der Waals surface area contributed by atoms with E-state index in [1.165, 1.54) is 17.8 Å². The standard InChI is InChI=1S/C16H19N3O3S/c1-9-4-2-5-10(8-9)17-15(21)12-13(20)16(22)19-14(18-12)11-6-3-7-23-11/h3,6-7,9-10,20H,2,4-5,8H2,1H3,(H,17,21)(H,18,19,22). The van der Waals surface area contributed by atoms with E-state index in [2.05, 4.69) is 22.2 Å². The fraction of sp³-hybridized carbons (Fsp3) is 0.438. The van der Waals surface area contributed by atoms with E-state index in [1.54, 1.807) is 6.07 Å². The molecule has 2 heterocycles. The third-order valence-corrected chi connectivity index (χ3v) is 5.01. The number of aromatic amines is 1. The van der Waals surface area contributed by atoms with Gasteiger partial charge in [-0.05, 0) is 30.2 Å². The van der Waals surface area contributed by atoms with Crippen molar-refractivity contribution in [3.8, 4) is 16.5 Å². The van der Waals surface area contributed by atoms with E-state index >= 15 is 0 Å². The van der Waals surface area contributed by atoms with Crippen LogP contribution in [0.1, 0.15) is 43.1 Å². The molecule has 0 spiro atoms. The Morgan fingerprint density at radius 1 is 1.48 bits per heavy atom. The van der Waals surface area contributed by atoms with Gasteiger partial charge < -0.3 is 15.4 Å². The summed E-state index contributed by atoms with van der Waals surface area (Å²) in [4.78, 5) is 31.7. The molecule has 0 saturated heterocycles. The van der Waals surface area contributed by atoms with Gasteiger partial charge in [-0.15, -0.1) is 11.3 Å². The number of nitrogens with zero attached hydrogens (tertiary/aromatic N) is 1. The van der Waals surface area contributed by atoms with Gasteiger partial charge in [0.1, 0.15) is 0 Å². The Labute approximate surface area is 137 Å². The Bertz CT molecular complexity index is 754. The van der Waals surface area contributed by atoms with Crippen LogP contribution < -0.4 is 10.9 Å². The Morgan fingerprint density at radius 3 is 3.00 bits per heavy atom. The first-order valence-electron chi connectivity index (χ1n) is 7.72. The van der Waals surface area contributed by atoms with Gasteiger partial charge >= 0.3 is 0 Å². The Morgan fingerprint density at radius 2 is 2.30 bits per heavy atom. The van der Waals surface area contributed by atoms with E-state index in [1.807, 2.05) is 11.4 Å². The third-order valence-electron chi connectivity index (χ3n) is 4.14. The summed E-state index contributed by atoms with van der Waals surface area (Å²) in [6.45, 7) is 2.16. The molecule has 3 rings (SSSR count). The molecule has 1 saturated carbocycles. The van der Waals surface area contributed by atoms with Crippen molar-refractivity contribution < 1.29 is 9.90 Å². The van der Waals surface area contributed by atoms with Gasteiger partial charge in [0.05, 0.1) is 4.88 Å². The van der Waals surface area contributed by atoms with Crippen LogP contribution in [0.2, 0.25) is 0 Å². The fourth-order valence-corrected chi connectivity index (χ4v) is 3.64. The van der Waals surface area contributed by atoms with E-state index in [0.29, 0.717) is 11.7 Å². The van der Waals surface area contributed by atoms with Crippen LogP contribution in [0.15, 0.2) is 22.3 Å². The molecular formula is C16H19N3O3S. The number of hydrogen-bond acceptors (Lipinski definition) is 5. The minimum absolute atomic E-state index is 0.0666. The second kappa shape index (κ2) is 6.54. The zero-order valence-corrected chi connectivity index (χ0v) is 13.7. The molecule has 6 nitrogen and oxygen atoms in total. The smallest absolute Gasteiger partial charge is 0.294 e. The van der Waals surface area contributed by atoms with E-state index in [0.717, 1.165) is 24.1 Å². The number of thiophene rings is 1. The molecule has 2 atom stereocenters. The van der Waals surface area contributed by atoms with Crippen LogP contribution in [-0.4, -0.2) is 27.0 Å². The van der Waals surface area contributed by atoms with E-state index < -0.39 is 17.2 Å². The molecule has 23 heavy (non-hydrogen) atoms. The number of amides is 1. The minimum Gasteiger partial charge on any atom is -0.501 e. The van der Waals surface area contributed by atoms with Gasteiger partial charge in [0.25, 0.3) is 11.5 Å². The van der Waals surface area contributed by atoms with Crippen LogP contribution >= 0.6 is 11.3 Å². The normalized spacial score (nSPS) is 21.1. The topological polar surface area (TPSA) is 95.1 Å². The van der Waals surface area contributed by atoms with Crippen molar-refractivity contribution in [2.45, 2.75) is 38.6 Å². The largest absolute Gasteiger partial charge is 0.501 e. The summed E-state index contributed by atoms with van der Waals surface area (Å²) < 4.78 is 0. The minimum atomic E-state index is -0.703. The van der Waals surface area contributed by atoms with E-state index in [9.17, 15) is 14.7 Å². The number of hydrogen-bond donors (Lipinski definition) is 3. The molecule has 3 N–H and O–H groups in total. The van der Waals surface area contributed by atoms with Gasteiger partial charge in [0.2, 0.25) is 5.75 Å². The molecular weight excluding hydrogens is 314 g/mol. The third kappa shape index (κ3) is 3.44. The lowest BCUT2D eigenvalue weighted by Gasteiger charge is -2.27. The summed E-state index contributed by atoms with van der Waals surface area (Å²) >= 11 is 1.40. The first-order chi connectivity index (χ1) is 11.0. The van der Waals surface area contributed by atoms with E-state index in [-0.39, 0.29) is 11.7 Å². The van der Waals surface area contributed by atoms with Crippen LogP contribution in [0.5, 0.6) is 5.75 Å². The molecule has 1 fully saturated rings. The van der Waals surface area contributed by atoms with Gasteiger partial charge in [0.15, 0.2) is 11.5 Å². The van der Waals surface area contributed by atoms with Gasteiger partial charge in [-0.1, -0.05) is 25.8 Å². The zero-order valence-electron chi connectivity index (χ0n) is 12.8. The summed E-state index contributed by atoms with van der Waals surface area (Å²) in [5.41, 5.74) is -0.916. The van der Waals surface area contributed by atoms with Crippen molar-refractivity contribution in [2.75, 3.05) is 0 Å². The van der Waals surface area contributed by atoms with Crippen molar-refractivity contribution in [3.05, 3.63) is 33.6 Å². The van der Waals surface area contributed by atoms with Crippen molar-refractivity contribution in [3.63, 3.8) is 0 Å². The van der Waals surface area contributed by atoms with Crippen LogP contribution in [0.25, 0.3) is 10.7 Å². The highest BCUT2D eigenvalue weighted by molar-refractivity contribution is 7.13. The molecule has 2 aromatic heterocycles. The lowest BCUT2D eigenvalue weighted by atomic mass is 9.87. The quantitative estimate of drug-likeness (QED) is 0.804. The highest BCUT2D eigenvalue weighted by Gasteiger charge is 2.24. The molecule has 122 valence electrons. The summed E-state index contributed by atoms with van der Waals surface area (Å²) in [5, 5.41) is 14.7. The number of H-pyrrole nitrogens is 1. The lowest BCUT2D eigenvalue weighted by Crippen LogP contribution is -2.38. The maximum absolute atomic E-state index is 12.4. The molecule has 1 aliphatic carbocycles. The van der Waals surface area contributed by atoms with Gasteiger partial charge in [-0.2, -0.15) is 0 Å². The second-order valence-electron chi connectivity index (χ2n) is 6.03. The number of aromatic hydroxyl groups is 1. The maximum Gasteiger partial charge on any atom is 0.294 e. The first-order valence-corrected chi connectivity index (χ1v) is 8.60. The van der Waals surface area contributed by atoms with Crippen molar-refractivity contribution in [2.24, 2.45) is 5.92 Å². The summed E-state index contributed by atoms with van der Waals surface area (Å²) in [7, 11) is 0. The highest BCUT2D eigenvalue weighted by atomic mass is 32.1. The van der Waals surface area contributed by atoms with Gasteiger partial charge in [-0.25, -0.2) is 4.98 Å². The van der Waals surface area contributed by atoms with Crippen LogP contribution in [-0.2, 0) is 0 Å². The SMILES string of the molecule is CC1CCCC(NC(=O)c2nc(-c3cccs3)[nH]c(=O)c2O)C1. The number of carbonyl (C=O) groups excluding carboxylic acids is 1. The van der Waals surface area contributed by atoms with Crippen LogP contribution in [0.3, 0.4) is 0 Å². The Kier molecular flexibility index (Phi) is 4.47. The maximum atomic E-state index is 12.4. The molecule has 7 heteroatoms. The number of rotatable bonds is 3. The van der Waals surface area contributed by atoms with E-state index in [4.69, 9.17) is 0 Å². The second-order valence-corrected chi connectivity index (χ2v) is 6.98. The highest BCUT2D eigenvalue weighted by Crippen LogP contribution is 2.25. The molecule has 0 aliphatic heterocycles. The predicted octanol–water partition coefficient (Wildman–Crippen LogP) is 2.51. The number of carbonyl (C=O) groups is 1. The number of aromatic nitrogens is 2. The molecule has 1 aliphatic rings. The molecule has 2 unspecified atom stereocenters. The fourth-order valence-electron chi connectivity index (χ4n) is 2.97. The van der Waals surface area contributed by atoms with Crippen molar-refractivity contribution in [1.29, 1.82) is 0 Å². The lowest BCUT2D eigenvalue weighted by molar-refractivity contribution is 0.0913. The average molecular weight is 333 g/mol. The number of nitrogens with one attached hydrogen (secondary N) is 2. The molecule has 2 aromatic rings. The van der Waals surface area contributed by atoms with Crippen molar-refractivity contribution in [1.82, 2.24) is 15.3 Å². The van der Waals surface area contributed by atoms with Crippen LogP contribution in [0, 0.1) is 5.92 Å². The monoisotopic (exact) mass is 333 g/mol. The molecule has 0 radical (unpaired) electrons. The zero-order chi connectivity index (χ0) is 16.4. The van der Waals surface area contributed by atoms with Gasteiger partial charge in [0, 0.05) is 6.04 Å². The summed E-state index contributed by atoms with van der Waals surface area (Å²) in [6.07, 6.45) is 4.07. The van der Waals surface area contributed by atoms with Crippen molar-refractivity contribution >= 4 is 17.2 Å². The van der Waals surface area contributed by atoms with Gasteiger partial charge in [-0.3, -0.25) is 9.59 Å². The summed E-state index contributed by atoms with van der Waals surface area (Å²) in [6, 6.07) is 3.69. The Hall–Kier alpha value is -2.15. The summed E-state index contributed by atoms with van der Waals surface area (Å²) in [5.74, 6) is -0.265. The first kappa shape index (κ1) is 15.7. The average Bonchev–Trinajstić information content (AvgIpc) is 3.04. The predicted molar refractivity (Wildman–Crippen MR) is 88.7 cm³/mol. The molecule has 1 amide bonds. The molecule has 0 bridgehead atoms. The molecule has 0 aromatic carbocycles. The Balaban J connectivity index is 1.86. The van der Waals surface area contributed by atoms with Crippen LogP contribution in [0.4, 0.5) is 0 Å².